The lowest BCUT2D eigenvalue weighted by atomic mass is 10.2. The molecule has 3 rings (SSSR count). The zero-order chi connectivity index (χ0) is 20.0. The maximum atomic E-state index is 13.2. The molecule has 0 spiro atoms. The van der Waals surface area contributed by atoms with E-state index < -0.39 is 10.0 Å². The number of nitrogens with one attached hydrogen (secondary N) is 2. The van der Waals surface area contributed by atoms with E-state index in [-0.39, 0.29) is 0 Å². The van der Waals surface area contributed by atoms with Crippen LogP contribution in [-0.2, 0) is 16.6 Å². The SMILES string of the molecule is CCNC(=NCc1ccccc1S(=O)(=O)N1CCN(C)CC1)NC1CC=CC1. The van der Waals surface area contributed by atoms with Crippen LogP contribution in [0.4, 0.5) is 0 Å². The first-order valence-electron chi connectivity index (χ1n) is 9.97. The number of guanidine groups is 1. The third-order valence-electron chi connectivity index (χ3n) is 5.15. The molecule has 0 atom stereocenters. The standard InChI is InChI=1S/C20H31N5O2S/c1-3-21-20(23-18-9-5-6-10-18)22-16-17-8-4-7-11-19(17)28(26,27)25-14-12-24(2)13-15-25/h4-8,11,18H,3,9-10,12-16H2,1-2H3,(H2,21,22,23). The fraction of sp³-hybridized carbons (Fsp3) is 0.550. The van der Waals surface area contributed by atoms with Crippen LogP contribution in [-0.4, -0.2) is 69.4 Å². The van der Waals surface area contributed by atoms with Crippen molar-refractivity contribution in [3.8, 4) is 0 Å². The van der Waals surface area contributed by atoms with Crippen molar-refractivity contribution < 1.29 is 8.42 Å². The van der Waals surface area contributed by atoms with Gasteiger partial charge >= 0.3 is 0 Å². The summed E-state index contributed by atoms with van der Waals surface area (Å²) in [5.74, 6) is 0.725. The highest BCUT2D eigenvalue weighted by Gasteiger charge is 2.29. The van der Waals surface area contributed by atoms with Crippen molar-refractivity contribution in [1.82, 2.24) is 19.8 Å². The largest absolute Gasteiger partial charge is 0.357 e. The van der Waals surface area contributed by atoms with Crippen LogP contribution in [0, 0.1) is 0 Å². The summed E-state index contributed by atoms with van der Waals surface area (Å²) in [6.07, 6.45) is 6.30. The maximum Gasteiger partial charge on any atom is 0.243 e. The minimum Gasteiger partial charge on any atom is -0.357 e. The van der Waals surface area contributed by atoms with E-state index in [0.29, 0.717) is 30.6 Å². The molecule has 2 aliphatic rings. The Morgan fingerprint density at radius 2 is 1.82 bits per heavy atom. The summed E-state index contributed by atoms with van der Waals surface area (Å²) in [7, 11) is -1.50. The van der Waals surface area contributed by atoms with Crippen LogP contribution < -0.4 is 10.6 Å². The number of aliphatic imine (C=N–C) groups is 1. The quantitative estimate of drug-likeness (QED) is 0.425. The van der Waals surface area contributed by atoms with Crippen molar-refractivity contribution in [2.45, 2.75) is 37.2 Å². The van der Waals surface area contributed by atoms with Crippen molar-refractivity contribution in [3.05, 3.63) is 42.0 Å². The molecule has 1 aromatic carbocycles. The lowest BCUT2D eigenvalue weighted by Crippen LogP contribution is -2.47. The molecule has 0 saturated carbocycles. The molecule has 2 N–H and O–H groups in total. The summed E-state index contributed by atoms with van der Waals surface area (Å²) < 4.78 is 28.0. The molecule has 28 heavy (non-hydrogen) atoms. The fourth-order valence-electron chi connectivity index (χ4n) is 3.47. The average Bonchev–Trinajstić information content (AvgIpc) is 3.20. The first-order valence-corrected chi connectivity index (χ1v) is 11.4. The molecule has 1 aliphatic heterocycles. The van der Waals surface area contributed by atoms with Crippen molar-refractivity contribution >= 4 is 16.0 Å². The molecule has 0 aromatic heterocycles. The number of piperazine rings is 1. The third kappa shape index (κ3) is 5.12. The van der Waals surface area contributed by atoms with Crippen LogP contribution in [0.3, 0.4) is 0 Å². The number of sulfonamides is 1. The molecular weight excluding hydrogens is 374 g/mol. The highest BCUT2D eigenvalue weighted by atomic mass is 32.2. The number of hydrogen-bond acceptors (Lipinski definition) is 4. The Balaban J connectivity index is 1.77. The summed E-state index contributed by atoms with van der Waals surface area (Å²) in [4.78, 5) is 7.16. The molecule has 0 bridgehead atoms. The van der Waals surface area contributed by atoms with E-state index in [1.54, 1.807) is 16.4 Å². The van der Waals surface area contributed by atoms with Crippen molar-refractivity contribution in [2.75, 3.05) is 39.8 Å². The zero-order valence-electron chi connectivity index (χ0n) is 16.8. The zero-order valence-corrected chi connectivity index (χ0v) is 17.6. The van der Waals surface area contributed by atoms with Gasteiger partial charge in [0, 0.05) is 38.8 Å². The summed E-state index contributed by atoms with van der Waals surface area (Å²) in [5.41, 5.74) is 0.725. The maximum absolute atomic E-state index is 13.2. The monoisotopic (exact) mass is 405 g/mol. The number of benzene rings is 1. The van der Waals surface area contributed by atoms with E-state index >= 15 is 0 Å². The Morgan fingerprint density at radius 3 is 2.50 bits per heavy atom. The molecule has 1 aromatic rings. The summed E-state index contributed by atoms with van der Waals surface area (Å²) in [5, 5.41) is 6.68. The number of likely N-dealkylation sites (N-methyl/N-ethyl adjacent to an activating group) is 1. The second kappa shape index (κ2) is 9.54. The van der Waals surface area contributed by atoms with Gasteiger partial charge in [0.1, 0.15) is 0 Å². The number of hydrogen-bond donors (Lipinski definition) is 2. The molecule has 0 unspecified atom stereocenters. The van der Waals surface area contributed by atoms with E-state index in [1.165, 1.54) is 0 Å². The molecule has 1 saturated heterocycles. The first kappa shape index (κ1) is 20.8. The highest BCUT2D eigenvalue weighted by Crippen LogP contribution is 2.22. The van der Waals surface area contributed by atoms with Gasteiger partial charge in [0.2, 0.25) is 10.0 Å². The van der Waals surface area contributed by atoms with E-state index in [2.05, 4.69) is 32.7 Å². The van der Waals surface area contributed by atoms with Crippen LogP contribution >= 0.6 is 0 Å². The van der Waals surface area contributed by atoms with Gasteiger partial charge in [0.05, 0.1) is 11.4 Å². The Bertz CT molecular complexity index is 806. The van der Waals surface area contributed by atoms with E-state index in [4.69, 9.17) is 0 Å². The van der Waals surface area contributed by atoms with Gasteiger partial charge in [-0.3, -0.25) is 0 Å². The number of nitrogens with zero attached hydrogens (tertiary/aromatic N) is 3. The normalized spacial score (nSPS) is 19.9. The molecule has 1 fully saturated rings. The molecule has 8 heteroatoms. The Hall–Kier alpha value is -1.90. The van der Waals surface area contributed by atoms with E-state index in [1.807, 2.05) is 26.1 Å². The van der Waals surface area contributed by atoms with Crippen molar-refractivity contribution in [3.63, 3.8) is 0 Å². The van der Waals surface area contributed by atoms with Gasteiger partial charge < -0.3 is 15.5 Å². The van der Waals surface area contributed by atoms with Gasteiger partial charge in [0.25, 0.3) is 0 Å². The predicted molar refractivity (Wildman–Crippen MR) is 113 cm³/mol. The highest BCUT2D eigenvalue weighted by molar-refractivity contribution is 7.89. The smallest absolute Gasteiger partial charge is 0.243 e. The fourth-order valence-corrected chi connectivity index (χ4v) is 5.10. The minimum absolute atomic E-state index is 0.318. The topological polar surface area (TPSA) is 77.0 Å². The van der Waals surface area contributed by atoms with Crippen molar-refractivity contribution in [2.24, 2.45) is 4.99 Å². The van der Waals surface area contributed by atoms with Gasteiger partial charge in [-0.05, 0) is 38.4 Å². The van der Waals surface area contributed by atoms with Gasteiger partial charge in [-0.1, -0.05) is 30.4 Å². The Labute approximate surface area is 168 Å². The van der Waals surface area contributed by atoms with Gasteiger partial charge in [-0.25, -0.2) is 13.4 Å². The van der Waals surface area contributed by atoms with Gasteiger partial charge in [-0.15, -0.1) is 0 Å². The summed E-state index contributed by atoms with van der Waals surface area (Å²) in [6.45, 7) is 5.65. The van der Waals surface area contributed by atoms with Crippen LogP contribution in [0.25, 0.3) is 0 Å². The average molecular weight is 406 g/mol. The lowest BCUT2D eigenvalue weighted by molar-refractivity contribution is 0.222. The minimum atomic E-state index is -3.51. The molecule has 0 amide bonds. The van der Waals surface area contributed by atoms with Crippen LogP contribution in [0.5, 0.6) is 0 Å². The molecule has 1 heterocycles. The molecule has 0 radical (unpaired) electrons. The molecule has 154 valence electrons. The summed E-state index contributed by atoms with van der Waals surface area (Å²) in [6, 6.07) is 7.55. The lowest BCUT2D eigenvalue weighted by Gasteiger charge is -2.32. The van der Waals surface area contributed by atoms with Crippen LogP contribution in [0.15, 0.2) is 46.3 Å². The molecule has 1 aliphatic carbocycles. The first-order chi connectivity index (χ1) is 13.5. The second-order valence-electron chi connectivity index (χ2n) is 7.29. The van der Waals surface area contributed by atoms with Gasteiger partial charge in [-0.2, -0.15) is 4.31 Å². The Morgan fingerprint density at radius 1 is 1.14 bits per heavy atom. The molecular formula is C20H31N5O2S. The third-order valence-corrected chi connectivity index (χ3v) is 7.15. The van der Waals surface area contributed by atoms with Crippen LogP contribution in [0.2, 0.25) is 0 Å². The Kier molecular flexibility index (Phi) is 7.09. The van der Waals surface area contributed by atoms with Gasteiger partial charge in [0.15, 0.2) is 5.96 Å². The second-order valence-corrected chi connectivity index (χ2v) is 9.20. The summed E-state index contributed by atoms with van der Waals surface area (Å²) >= 11 is 0. The number of rotatable bonds is 6. The predicted octanol–water partition coefficient (Wildman–Crippen LogP) is 1.40. The van der Waals surface area contributed by atoms with Crippen LogP contribution in [0.1, 0.15) is 25.3 Å². The molecule has 7 nitrogen and oxygen atoms in total. The van der Waals surface area contributed by atoms with E-state index in [0.717, 1.165) is 44.0 Å². The van der Waals surface area contributed by atoms with Crippen molar-refractivity contribution in [1.29, 1.82) is 0 Å². The van der Waals surface area contributed by atoms with E-state index in [9.17, 15) is 8.42 Å².